The van der Waals surface area contributed by atoms with Crippen molar-refractivity contribution in [2.75, 3.05) is 26.3 Å². The van der Waals surface area contributed by atoms with Gasteiger partial charge in [-0.2, -0.15) is 0 Å². The maximum atomic E-state index is 13.6. The van der Waals surface area contributed by atoms with E-state index in [1.165, 1.54) is 4.90 Å². The molecule has 2 atom stereocenters. The Morgan fingerprint density at radius 2 is 1.39 bits per heavy atom. The van der Waals surface area contributed by atoms with E-state index in [1.54, 1.807) is 36.4 Å². The average Bonchev–Trinajstić information content (AvgIpc) is 3.38. The van der Waals surface area contributed by atoms with Crippen molar-refractivity contribution >= 4 is 46.3 Å². The van der Waals surface area contributed by atoms with Crippen molar-refractivity contribution in [3.63, 3.8) is 0 Å². The highest BCUT2D eigenvalue weighted by molar-refractivity contribution is 14.1. The second kappa shape index (κ2) is 10.5. The molecule has 0 N–H and O–H groups in total. The highest BCUT2D eigenvalue weighted by Crippen LogP contribution is 2.24. The minimum atomic E-state index is -1.63. The van der Waals surface area contributed by atoms with Gasteiger partial charge in [0.1, 0.15) is 0 Å². The number of amides is 2. The van der Waals surface area contributed by atoms with Crippen LogP contribution in [0.1, 0.15) is 51.9 Å². The molecule has 0 bridgehead atoms. The molecule has 2 aliphatic rings. The van der Waals surface area contributed by atoms with Gasteiger partial charge in [0.05, 0.1) is 16.8 Å². The lowest BCUT2D eigenvalue weighted by Gasteiger charge is -2.30. The van der Waals surface area contributed by atoms with E-state index in [0.29, 0.717) is 17.4 Å². The van der Waals surface area contributed by atoms with Gasteiger partial charge < -0.3 is 19.3 Å². The lowest BCUT2D eigenvalue weighted by Crippen LogP contribution is -2.54. The van der Waals surface area contributed by atoms with Crippen molar-refractivity contribution < 1.29 is 28.7 Å². The van der Waals surface area contributed by atoms with E-state index in [0.717, 1.165) is 15.7 Å². The van der Waals surface area contributed by atoms with Gasteiger partial charge in [-0.25, -0.2) is 19.0 Å². The van der Waals surface area contributed by atoms with Crippen molar-refractivity contribution in [2.45, 2.75) is 51.9 Å². The summed E-state index contributed by atoms with van der Waals surface area (Å²) in [6.45, 7) is 3.51. The molecule has 0 spiro atoms. The van der Waals surface area contributed by atoms with Crippen LogP contribution in [-0.2, 0) is 28.7 Å². The minimum Gasteiger partial charge on any atom is -0.463 e. The Balaban J connectivity index is 2.23. The summed E-state index contributed by atoms with van der Waals surface area (Å²) in [6.07, 6.45) is -0.610. The predicted molar refractivity (Wildman–Crippen MR) is 121 cm³/mol. The Bertz CT molecular complexity index is 1080. The van der Waals surface area contributed by atoms with Gasteiger partial charge in [-0.05, 0) is 49.3 Å². The normalized spacial score (nSPS) is 17.9. The Hall–Kier alpha value is -2.71. The van der Waals surface area contributed by atoms with Gasteiger partial charge in [0.15, 0.2) is 0 Å². The van der Waals surface area contributed by atoms with Crippen LogP contribution >= 0.6 is 22.6 Å². The van der Waals surface area contributed by atoms with Crippen molar-refractivity contribution in [1.29, 1.82) is 0 Å². The highest BCUT2D eigenvalue weighted by atomic mass is 127. The summed E-state index contributed by atoms with van der Waals surface area (Å²) >= 11 is 1.68. The molecule has 2 fully saturated rings. The van der Waals surface area contributed by atoms with E-state index in [-0.39, 0.29) is 48.6 Å². The van der Waals surface area contributed by atoms with Crippen LogP contribution in [0, 0.1) is 3.57 Å². The van der Waals surface area contributed by atoms with Gasteiger partial charge in [-0.15, -0.1) is 0 Å². The molecule has 3 rings (SSSR count). The molecule has 0 aromatic carbocycles. The maximum Gasteiger partial charge on any atom is 0.350 e. The van der Waals surface area contributed by atoms with Crippen LogP contribution in [0.3, 0.4) is 0 Å². The molecule has 0 aliphatic carbocycles. The van der Waals surface area contributed by atoms with E-state index in [1.807, 2.05) is 0 Å². The van der Waals surface area contributed by atoms with Crippen LogP contribution < -0.4 is 11.2 Å². The summed E-state index contributed by atoms with van der Waals surface area (Å²) < 4.78 is 11.7. The smallest absolute Gasteiger partial charge is 0.350 e. The largest absolute Gasteiger partial charge is 0.463 e. The first-order valence-corrected chi connectivity index (χ1v) is 11.8. The third kappa shape index (κ3) is 4.82. The van der Waals surface area contributed by atoms with Crippen LogP contribution in [0.4, 0.5) is 0 Å². The fourth-order valence-corrected chi connectivity index (χ4v) is 4.56. The molecule has 1 aromatic rings. The average molecular weight is 576 g/mol. The van der Waals surface area contributed by atoms with Gasteiger partial charge in [0, 0.05) is 32.1 Å². The minimum absolute atomic E-state index is 0.00842. The van der Waals surface area contributed by atoms with Gasteiger partial charge in [0.25, 0.3) is 5.56 Å². The molecule has 3 heterocycles. The molecule has 180 valence electrons. The monoisotopic (exact) mass is 576 g/mol. The lowest BCUT2D eigenvalue weighted by atomic mass is 10.3. The van der Waals surface area contributed by atoms with Gasteiger partial charge in [0.2, 0.25) is 24.1 Å². The first kappa shape index (κ1) is 24.9. The number of esters is 2. The molecule has 13 heteroatoms. The van der Waals surface area contributed by atoms with Crippen LogP contribution in [0.15, 0.2) is 15.8 Å². The van der Waals surface area contributed by atoms with Crippen molar-refractivity contribution in [3.8, 4) is 0 Å². The molecule has 2 aliphatic heterocycles. The second-order valence-electron chi connectivity index (χ2n) is 7.47. The summed E-state index contributed by atoms with van der Waals surface area (Å²) in [5, 5.41) is 0. The van der Waals surface area contributed by atoms with E-state index < -0.39 is 41.4 Å². The number of carbonyl (C=O) groups excluding carboxylic acids is 4. The predicted octanol–water partition coefficient (Wildman–Crippen LogP) is -0.0172. The first-order valence-electron chi connectivity index (χ1n) is 10.7. The number of likely N-dealkylation sites (tertiary alicyclic amines) is 2. The quantitative estimate of drug-likeness (QED) is 0.311. The highest BCUT2D eigenvalue weighted by Gasteiger charge is 2.41. The van der Waals surface area contributed by atoms with Crippen molar-refractivity contribution in [3.05, 3.63) is 30.6 Å². The zero-order chi connectivity index (χ0) is 24.3. The third-order valence-electron chi connectivity index (χ3n) is 5.42. The van der Waals surface area contributed by atoms with Crippen LogP contribution in [-0.4, -0.2) is 69.0 Å². The molecule has 1 aromatic heterocycles. The van der Waals surface area contributed by atoms with Gasteiger partial charge >= 0.3 is 17.6 Å². The Morgan fingerprint density at radius 3 is 1.85 bits per heavy atom. The summed E-state index contributed by atoms with van der Waals surface area (Å²) in [6, 6.07) is 0. The van der Waals surface area contributed by atoms with Crippen LogP contribution in [0.5, 0.6) is 0 Å². The van der Waals surface area contributed by atoms with Crippen LogP contribution in [0.2, 0.25) is 0 Å². The molecular formula is C20H25IN4O8. The molecule has 33 heavy (non-hydrogen) atoms. The Morgan fingerprint density at radius 1 is 0.909 bits per heavy atom. The molecule has 12 nitrogen and oxygen atoms in total. The summed E-state index contributed by atoms with van der Waals surface area (Å²) in [4.78, 5) is 79.5. The zero-order valence-corrected chi connectivity index (χ0v) is 20.5. The van der Waals surface area contributed by atoms with Gasteiger partial charge in [-0.3, -0.25) is 19.0 Å². The molecule has 2 saturated heterocycles. The van der Waals surface area contributed by atoms with E-state index in [9.17, 15) is 28.8 Å². The number of hydrogen-bond acceptors (Lipinski definition) is 8. The van der Waals surface area contributed by atoms with E-state index >= 15 is 0 Å². The third-order valence-corrected chi connectivity index (χ3v) is 6.16. The number of rotatable bonds is 8. The number of aromatic nitrogens is 2. The zero-order valence-electron chi connectivity index (χ0n) is 18.3. The number of ether oxygens (including phenoxy) is 2. The topological polar surface area (TPSA) is 137 Å². The molecule has 2 amide bonds. The summed E-state index contributed by atoms with van der Waals surface area (Å²) in [5.74, 6) is -2.53. The Labute approximate surface area is 202 Å². The SMILES string of the molecule is CCOC(=O)[C@H](N1CCCC1=O)n1cc(I)c(=O)n([C@H](C(=O)OCC)N2CCCC2=O)c1=O. The van der Waals surface area contributed by atoms with E-state index in [4.69, 9.17) is 9.47 Å². The molecular weight excluding hydrogens is 551 g/mol. The summed E-state index contributed by atoms with van der Waals surface area (Å²) in [5.41, 5.74) is -1.85. The number of carbonyl (C=O) groups is 4. The number of nitrogens with zero attached hydrogens (tertiary/aromatic N) is 4. The molecule has 0 saturated carbocycles. The van der Waals surface area contributed by atoms with Crippen molar-refractivity contribution in [2.24, 2.45) is 0 Å². The number of halogens is 1. The van der Waals surface area contributed by atoms with Gasteiger partial charge in [-0.1, -0.05) is 0 Å². The molecule has 0 radical (unpaired) electrons. The first-order chi connectivity index (χ1) is 15.7. The number of hydrogen-bond donors (Lipinski definition) is 0. The Kier molecular flexibility index (Phi) is 7.92. The second-order valence-corrected chi connectivity index (χ2v) is 8.64. The lowest BCUT2D eigenvalue weighted by molar-refractivity contribution is -0.159. The van der Waals surface area contributed by atoms with E-state index in [2.05, 4.69) is 0 Å². The fourth-order valence-electron chi connectivity index (χ4n) is 4.00. The molecule has 0 unspecified atom stereocenters. The van der Waals surface area contributed by atoms with Crippen LogP contribution in [0.25, 0.3) is 0 Å². The maximum absolute atomic E-state index is 13.6. The van der Waals surface area contributed by atoms with Crippen molar-refractivity contribution in [1.82, 2.24) is 18.9 Å². The standard InChI is InChI=1S/C20H25IN4O8/c1-3-32-18(29)15(22-9-5-7-13(22)26)24-11-12(21)17(28)25(20(24)31)16(19(30)33-4-2)23-10-6-8-14(23)27/h11,15-16H,3-10H2,1-2H3/t15-,16-/m1/s1. The summed E-state index contributed by atoms with van der Waals surface area (Å²) in [7, 11) is 0. The fraction of sp³-hybridized carbons (Fsp3) is 0.600.